The van der Waals surface area contributed by atoms with Gasteiger partial charge in [0.1, 0.15) is 11.8 Å². The van der Waals surface area contributed by atoms with Crippen molar-refractivity contribution >= 4 is 28.9 Å². The second kappa shape index (κ2) is 7.59. The second-order valence-electron chi connectivity index (χ2n) is 6.75. The van der Waals surface area contributed by atoms with Crippen LogP contribution in [0.2, 0.25) is 0 Å². The summed E-state index contributed by atoms with van der Waals surface area (Å²) in [5, 5.41) is 12.4. The molecule has 4 rings (SSSR count). The number of piperidine rings is 1. The number of nitrogens with one attached hydrogen (secondary N) is 2. The Labute approximate surface area is 160 Å². The molecule has 1 aliphatic heterocycles. The lowest BCUT2D eigenvalue weighted by atomic mass is 9.88. The summed E-state index contributed by atoms with van der Waals surface area (Å²) < 4.78 is 0. The van der Waals surface area contributed by atoms with Gasteiger partial charge in [-0.1, -0.05) is 6.07 Å². The van der Waals surface area contributed by atoms with Crippen molar-refractivity contribution in [1.82, 2.24) is 30.2 Å². The van der Waals surface area contributed by atoms with Gasteiger partial charge in [0.05, 0.1) is 18.2 Å². The van der Waals surface area contributed by atoms with Crippen molar-refractivity contribution in [2.75, 3.05) is 18.0 Å². The molecule has 0 spiro atoms. The third kappa shape index (κ3) is 3.61. The van der Waals surface area contributed by atoms with Gasteiger partial charge in [-0.2, -0.15) is 0 Å². The van der Waals surface area contributed by atoms with E-state index in [9.17, 15) is 14.7 Å². The number of aromatic amines is 1. The summed E-state index contributed by atoms with van der Waals surface area (Å²) in [4.78, 5) is 45.7. The highest BCUT2D eigenvalue weighted by Gasteiger charge is 2.36. The fourth-order valence-corrected chi connectivity index (χ4v) is 3.47. The van der Waals surface area contributed by atoms with Gasteiger partial charge in [-0.25, -0.2) is 15.0 Å². The van der Waals surface area contributed by atoms with E-state index in [1.165, 1.54) is 12.7 Å². The first-order valence-electron chi connectivity index (χ1n) is 8.90. The van der Waals surface area contributed by atoms with Crippen LogP contribution in [0.25, 0.3) is 11.2 Å². The van der Waals surface area contributed by atoms with Crippen LogP contribution in [0.5, 0.6) is 0 Å². The maximum Gasteiger partial charge on any atom is 0.308 e. The number of pyridine rings is 1. The van der Waals surface area contributed by atoms with Crippen molar-refractivity contribution < 1.29 is 14.7 Å². The summed E-state index contributed by atoms with van der Waals surface area (Å²) in [6.45, 7) is 0.986. The molecule has 0 unspecified atom stereocenters. The van der Waals surface area contributed by atoms with Gasteiger partial charge in [0.25, 0.3) is 0 Å². The number of hydrogen-bond acceptors (Lipinski definition) is 7. The standard InChI is InChI=1S/C18H19N7O3/c26-17(20-6-11-2-1-3-19-5-11)12-4-13(18(27)28)8-25(7-12)16-14-15(22-9-21-14)23-10-24-16/h1-3,5,9-10,12-13H,4,6-8H2,(H,20,26)(H,27,28)(H,21,22,23,24)/t12-,13+/m1/s1. The summed E-state index contributed by atoms with van der Waals surface area (Å²) in [5.41, 5.74) is 2.01. The van der Waals surface area contributed by atoms with Crippen LogP contribution in [-0.4, -0.2) is 55.0 Å². The van der Waals surface area contributed by atoms with E-state index in [4.69, 9.17) is 0 Å². The number of imidazole rings is 1. The monoisotopic (exact) mass is 381 g/mol. The molecule has 3 aromatic heterocycles. The Balaban J connectivity index is 1.53. The lowest BCUT2D eigenvalue weighted by Crippen LogP contribution is -2.48. The first-order valence-corrected chi connectivity index (χ1v) is 8.90. The average Bonchev–Trinajstić information content (AvgIpc) is 3.21. The highest BCUT2D eigenvalue weighted by molar-refractivity contribution is 5.85. The SMILES string of the molecule is O=C(O)[C@H]1C[C@@H](C(=O)NCc2cccnc2)CN(c2ncnc3nc[nH]c23)C1. The van der Waals surface area contributed by atoms with Crippen molar-refractivity contribution in [1.29, 1.82) is 0 Å². The fraction of sp³-hybridized carbons (Fsp3) is 0.333. The highest BCUT2D eigenvalue weighted by atomic mass is 16.4. The Bertz CT molecular complexity index is 991. The first-order chi connectivity index (χ1) is 13.6. The summed E-state index contributed by atoms with van der Waals surface area (Å²) in [5.74, 6) is -1.70. The predicted molar refractivity (Wildman–Crippen MR) is 99.2 cm³/mol. The topological polar surface area (TPSA) is 137 Å². The maximum atomic E-state index is 12.7. The summed E-state index contributed by atoms with van der Waals surface area (Å²) in [7, 11) is 0. The summed E-state index contributed by atoms with van der Waals surface area (Å²) >= 11 is 0. The number of rotatable bonds is 5. The Morgan fingerprint density at radius 3 is 2.89 bits per heavy atom. The van der Waals surface area contributed by atoms with Gasteiger partial charge < -0.3 is 20.3 Å². The van der Waals surface area contributed by atoms with Gasteiger partial charge in [-0.3, -0.25) is 14.6 Å². The molecule has 4 heterocycles. The second-order valence-corrected chi connectivity index (χ2v) is 6.75. The molecule has 144 valence electrons. The predicted octanol–water partition coefficient (Wildman–Crippen LogP) is 0.591. The smallest absolute Gasteiger partial charge is 0.308 e. The summed E-state index contributed by atoms with van der Waals surface area (Å²) in [6.07, 6.45) is 6.53. The van der Waals surface area contributed by atoms with E-state index in [1.54, 1.807) is 18.5 Å². The number of carboxylic acid groups (broad SMARTS) is 1. The van der Waals surface area contributed by atoms with Crippen LogP contribution in [0.4, 0.5) is 5.82 Å². The number of amides is 1. The average molecular weight is 381 g/mol. The number of nitrogens with zero attached hydrogens (tertiary/aromatic N) is 5. The van der Waals surface area contributed by atoms with Crippen molar-refractivity contribution in [2.45, 2.75) is 13.0 Å². The van der Waals surface area contributed by atoms with Crippen molar-refractivity contribution in [3.8, 4) is 0 Å². The fourth-order valence-electron chi connectivity index (χ4n) is 3.47. The minimum absolute atomic E-state index is 0.185. The molecule has 0 aliphatic carbocycles. The van der Waals surface area contributed by atoms with Crippen LogP contribution < -0.4 is 10.2 Å². The van der Waals surface area contributed by atoms with Crippen LogP contribution >= 0.6 is 0 Å². The number of carbonyl (C=O) groups excluding carboxylic acids is 1. The van der Waals surface area contributed by atoms with E-state index >= 15 is 0 Å². The van der Waals surface area contributed by atoms with Crippen LogP contribution in [0.1, 0.15) is 12.0 Å². The number of aromatic nitrogens is 5. The number of anilines is 1. The number of fused-ring (bicyclic) bond motifs is 1. The Morgan fingerprint density at radius 2 is 2.11 bits per heavy atom. The van der Waals surface area contributed by atoms with E-state index in [0.717, 1.165) is 5.56 Å². The molecule has 2 atom stereocenters. The zero-order valence-corrected chi connectivity index (χ0v) is 14.9. The molecule has 10 heteroatoms. The molecule has 3 aromatic rings. The lowest BCUT2D eigenvalue weighted by Gasteiger charge is -2.36. The van der Waals surface area contributed by atoms with Gasteiger partial charge >= 0.3 is 5.97 Å². The minimum atomic E-state index is -0.926. The lowest BCUT2D eigenvalue weighted by molar-refractivity contribution is -0.143. The summed E-state index contributed by atoms with van der Waals surface area (Å²) in [6, 6.07) is 3.67. The number of aliphatic carboxylic acids is 1. The van der Waals surface area contributed by atoms with Crippen LogP contribution in [0.15, 0.2) is 37.2 Å². The largest absolute Gasteiger partial charge is 0.481 e. The zero-order chi connectivity index (χ0) is 19.5. The molecular weight excluding hydrogens is 362 g/mol. The van der Waals surface area contributed by atoms with E-state index < -0.39 is 17.8 Å². The quantitative estimate of drug-likeness (QED) is 0.584. The highest BCUT2D eigenvalue weighted by Crippen LogP contribution is 2.29. The normalized spacial score (nSPS) is 19.5. The molecule has 3 N–H and O–H groups in total. The Morgan fingerprint density at radius 1 is 1.25 bits per heavy atom. The van der Waals surface area contributed by atoms with Gasteiger partial charge in [0.2, 0.25) is 5.91 Å². The molecule has 0 radical (unpaired) electrons. The molecule has 0 aromatic carbocycles. The molecule has 0 bridgehead atoms. The van der Waals surface area contributed by atoms with Crippen molar-refractivity contribution in [3.63, 3.8) is 0 Å². The zero-order valence-electron chi connectivity index (χ0n) is 14.9. The Kier molecular flexibility index (Phi) is 4.83. The van der Waals surface area contributed by atoms with E-state index in [0.29, 0.717) is 30.1 Å². The Hall–Kier alpha value is -3.56. The third-order valence-electron chi connectivity index (χ3n) is 4.86. The number of carbonyl (C=O) groups is 2. The van der Waals surface area contributed by atoms with Crippen molar-refractivity contribution in [2.24, 2.45) is 11.8 Å². The minimum Gasteiger partial charge on any atom is -0.481 e. The van der Waals surface area contributed by atoms with Crippen LogP contribution in [0.3, 0.4) is 0 Å². The maximum absolute atomic E-state index is 12.7. The molecule has 28 heavy (non-hydrogen) atoms. The molecule has 10 nitrogen and oxygen atoms in total. The van der Waals surface area contributed by atoms with Gasteiger partial charge in [-0.05, 0) is 18.1 Å². The van der Waals surface area contributed by atoms with Gasteiger partial charge in [0.15, 0.2) is 11.5 Å². The van der Waals surface area contributed by atoms with Crippen molar-refractivity contribution in [3.05, 3.63) is 42.7 Å². The molecule has 1 amide bonds. The van der Waals surface area contributed by atoms with E-state index in [2.05, 4.69) is 30.2 Å². The van der Waals surface area contributed by atoms with E-state index in [1.807, 2.05) is 11.0 Å². The van der Waals surface area contributed by atoms with E-state index in [-0.39, 0.29) is 18.9 Å². The first kappa shape index (κ1) is 17.8. The molecule has 1 fully saturated rings. The van der Waals surface area contributed by atoms with Crippen LogP contribution in [0, 0.1) is 11.8 Å². The van der Waals surface area contributed by atoms with Crippen LogP contribution in [-0.2, 0) is 16.1 Å². The number of carboxylic acids is 1. The molecular formula is C18H19N7O3. The molecule has 1 saturated heterocycles. The third-order valence-corrected chi connectivity index (χ3v) is 4.86. The van der Waals surface area contributed by atoms with Gasteiger partial charge in [-0.15, -0.1) is 0 Å². The molecule has 0 saturated carbocycles. The number of H-pyrrole nitrogens is 1. The van der Waals surface area contributed by atoms with Gasteiger partial charge in [0, 0.05) is 32.0 Å². The number of hydrogen-bond donors (Lipinski definition) is 3. The molecule has 1 aliphatic rings.